The van der Waals surface area contributed by atoms with E-state index in [1.54, 1.807) is 0 Å². The van der Waals surface area contributed by atoms with Crippen LogP contribution in [0.15, 0.2) is 18.2 Å². The van der Waals surface area contributed by atoms with Crippen LogP contribution in [0.25, 0.3) is 0 Å². The van der Waals surface area contributed by atoms with Gasteiger partial charge in [0, 0.05) is 11.6 Å². The fourth-order valence-electron chi connectivity index (χ4n) is 1.93. The molecule has 0 aliphatic heterocycles. The highest BCUT2D eigenvalue weighted by atomic mass is 35.5. The van der Waals surface area contributed by atoms with Gasteiger partial charge in [0.15, 0.2) is 0 Å². The molecular formula is C14H20ClNO. The van der Waals surface area contributed by atoms with Crippen LogP contribution in [0.2, 0.25) is 5.02 Å². The summed E-state index contributed by atoms with van der Waals surface area (Å²) in [4.78, 5) is 0. The number of benzene rings is 1. The monoisotopic (exact) mass is 253 g/mol. The molecule has 0 aromatic heterocycles. The number of ether oxygens (including phenoxy) is 1. The lowest BCUT2D eigenvalue weighted by Crippen LogP contribution is -2.21. The summed E-state index contributed by atoms with van der Waals surface area (Å²) in [5.41, 5.74) is 1.03. The van der Waals surface area contributed by atoms with E-state index in [1.807, 2.05) is 18.2 Å². The van der Waals surface area contributed by atoms with Crippen molar-refractivity contribution in [3.05, 3.63) is 23.2 Å². The highest BCUT2D eigenvalue weighted by molar-refractivity contribution is 6.30. The average Bonchev–Trinajstić information content (AvgIpc) is 2.26. The first-order chi connectivity index (χ1) is 8.29. The van der Waals surface area contributed by atoms with Gasteiger partial charge in [0.2, 0.25) is 0 Å². The van der Waals surface area contributed by atoms with Gasteiger partial charge in [-0.3, -0.25) is 0 Å². The molecule has 0 spiro atoms. The maximum Gasteiger partial charge on any atom is 0.142 e. The predicted octanol–water partition coefficient (Wildman–Crippen LogP) is 4.34. The van der Waals surface area contributed by atoms with Crippen LogP contribution in [0.4, 0.5) is 5.69 Å². The standard InChI is InChI=1S/C14H20ClNO/c1-2-8-17-14-7-6-12(15)9-13(14)16-10-11-4-3-5-11/h6-7,9,11,16H,2-5,8,10H2,1H3. The molecule has 3 heteroatoms. The minimum absolute atomic E-state index is 0.750. The van der Waals surface area contributed by atoms with Crippen molar-refractivity contribution in [3.63, 3.8) is 0 Å². The Hall–Kier alpha value is -0.890. The maximum atomic E-state index is 6.02. The molecule has 1 N–H and O–H groups in total. The van der Waals surface area contributed by atoms with Crippen molar-refractivity contribution in [2.45, 2.75) is 32.6 Å². The molecule has 1 fully saturated rings. The fraction of sp³-hybridized carbons (Fsp3) is 0.571. The van der Waals surface area contributed by atoms with E-state index in [0.717, 1.165) is 41.9 Å². The molecule has 0 amide bonds. The van der Waals surface area contributed by atoms with Gasteiger partial charge in [-0.1, -0.05) is 24.9 Å². The van der Waals surface area contributed by atoms with Crippen molar-refractivity contribution in [2.75, 3.05) is 18.5 Å². The summed E-state index contributed by atoms with van der Waals surface area (Å²) in [6.07, 6.45) is 5.09. The van der Waals surface area contributed by atoms with Crippen molar-refractivity contribution in [1.29, 1.82) is 0 Å². The van der Waals surface area contributed by atoms with Crippen LogP contribution in [0.3, 0.4) is 0 Å². The summed E-state index contributed by atoms with van der Waals surface area (Å²) in [6, 6.07) is 5.77. The molecule has 1 aliphatic rings. The van der Waals surface area contributed by atoms with Crippen LogP contribution in [-0.2, 0) is 0 Å². The third-order valence-corrected chi connectivity index (χ3v) is 3.44. The number of anilines is 1. The van der Waals surface area contributed by atoms with E-state index in [1.165, 1.54) is 19.3 Å². The minimum Gasteiger partial charge on any atom is -0.491 e. The molecule has 0 bridgehead atoms. The first-order valence-electron chi connectivity index (χ1n) is 6.46. The van der Waals surface area contributed by atoms with Gasteiger partial charge in [-0.2, -0.15) is 0 Å². The summed E-state index contributed by atoms with van der Waals surface area (Å²) >= 11 is 6.02. The van der Waals surface area contributed by atoms with E-state index in [0.29, 0.717) is 0 Å². The molecular weight excluding hydrogens is 234 g/mol. The van der Waals surface area contributed by atoms with Crippen LogP contribution in [0.1, 0.15) is 32.6 Å². The quantitative estimate of drug-likeness (QED) is 0.814. The lowest BCUT2D eigenvalue weighted by molar-refractivity contribution is 0.316. The van der Waals surface area contributed by atoms with Crippen LogP contribution < -0.4 is 10.1 Å². The van der Waals surface area contributed by atoms with E-state index in [9.17, 15) is 0 Å². The fourth-order valence-corrected chi connectivity index (χ4v) is 2.10. The van der Waals surface area contributed by atoms with Gasteiger partial charge in [-0.25, -0.2) is 0 Å². The van der Waals surface area contributed by atoms with E-state index in [4.69, 9.17) is 16.3 Å². The molecule has 0 radical (unpaired) electrons. The van der Waals surface area contributed by atoms with Crippen LogP contribution >= 0.6 is 11.6 Å². The Kier molecular flexibility index (Phi) is 4.55. The smallest absolute Gasteiger partial charge is 0.142 e. The second-order valence-electron chi connectivity index (χ2n) is 4.67. The third kappa shape index (κ3) is 3.53. The Labute approximate surface area is 108 Å². The molecule has 0 atom stereocenters. The Morgan fingerprint density at radius 2 is 2.24 bits per heavy atom. The van der Waals surface area contributed by atoms with Gasteiger partial charge in [0.25, 0.3) is 0 Å². The molecule has 2 rings (SSSR count). The first-order valence-corrected chi connectivity index (χ1v) is 6.83. The zero-order valence-electron chi connectivity index (χ0n) is 10.3. The number of hydrogen-bond acceptors (Lipinski definition) is 2. The van der Waals surface area contributed by atoms with Crippen LogP contribution in [-0.4, -0.2) is 13.2 Å². The molecule has 0 unspecified atom stereocenters. The maximum absolute atomic E-state index is 6.02. The molecule has 1 aromatic rings. The third-order valence-electron chi connectivity index (χ3n) is 3.21. The van der Waals surface area contributed by atoms with Crippen molar-refractivity contribution in [3.8, 4) is 5.75 Å². The lowest BCUT2D eigenvalue weighted by atomic mass is 9.85. The molecule has 1 aromatic carbocycles. The lowest BCUT2D eigenvalue weighted by Gasteiger charge is -2.26. The number of rotatable bonds is 6. The molecule has 1 saturated carbocycles. The molecule has 0 saturated heterocycles. The second-order valence-corrected chi connectivity index (χ2v) is 5.10. The SMILES string of the molecule is CCCOc1ccc(Cl)cc1NCC1CCC1. The molecule has 2 nitrogen and oxygen atoms in total. The number of hydrogen-bond donors (Lipinski definition) is 1. The number of nitrogens with one attached hydrogen (secondary N) is 1. The Morgan fingerprint density at radius 3 is 2.88 bits per heavy atom. The largest absolute Gasteiger partial charge is 0.491 e. The van der Waals surface area contributed by atoms with Gasteiger partial charge in [0.1, 0.15) is 5.75 Å². The summed E-state index contributed by atoms with van der Waals surface area (Å²) in [6.45, 7) is 3.89. The van der Waals surface area contributed by atoms with Crippen LogP contribution in [0.5, 0.6) is 5.75 Å². The Morgan fingerprint density at radius 1 is 1.41 bits per heavy atom. The topological polar surface area (TPSA) is 21.3 Å². The number of halogens is 1. The second kappa shape index (κ2) is 6.15. The van der Waals surface area contributed by atoms with Gasteiger partial charge >= 0.3 is 0 Å². The van der Waals surface area contributed by atoms with Crippen molar-refractivity contribution < 1.29 is 4.74 Å². The van der Waals surface area contributed by atoms with Gasteiger partial charge in [-0.15, -0.1) is 0 Å². The summed E-state index contributed by atoms with van der Waals surface area (Å²) in [7, 11) is 0. The summed E-state index contributed by atoms with van der Waals surface area (Å²) in [5, 5.41) is 4.21. The highest BCUT2D eigenvalue weighted by Gasteiger charge is 2.17. The molecule has 17 heavy (non-hydrogen) atoms. The van der Waals surface area contributed by atoms with Gasteiger partial charge < -0.3 is 10.1 Å². The molecule has 0 heterocycles. The van der Waals surface area contributed by atoms with E-state index < -0.39 is 0 Å². The highest BCUT2D eigenvalue weighted by Crippen LogP contribution is 2.31. The summed E-state index contributed by atoms with van der Waals surface area (Å²) < 4.78 is 5.70. The first kappa shape index (κ1) is 12.6. The zero-order chi connectivity index (χ0) is 12.1. The normalized spacial score (nSPS) is 15.4. The molecule has 94 valence electrons. The summed E-state index contributed by atoms with van der Waals surface area (Å²) in [5.74, 6) is 1.74. The van der Waals surface area contributed by atoms with Crippen molar-refractivity contribution in [1.82, 2.24) is 0 Å². The van der Waals surface area contributed by atoms with Gasteiger partial charge in [0.05, 0.1) is 12.3 Å². The minimum atomic E-state index is 0.750. The zero-order valence-corrected chi connectivity index (χ0v) is 11.1. The Balaban J connectivity index is 1.97. The van der Waals surface area contributed by atoms with Crippen LogP contribution in [0, 0.1) is 5.92 Å². The van der Waals surface area contributed by atoms with Crippen molar-refractivity contribution in [2.24, 2.45) is 5.92 Å². The van der Waals surface area contributed by atoms with Gasteiger partial charge in [-0.05, 0) is 43.4 Å². The predicted molar refractivity (Wildman–Crippen MR) is 73.1 cm³/mol. The average molecular weight is 254 g/mol. The van der Waals surface area contributed by atoms with E-state index in [-0.39, 0.29) is 0 Å². The van der Waals surface area contributed by atoms with E-state index in [2.05, 4.69) is 12.2 Å². The Bertz CT molecular complexity index is 363. The van der Waals surface area contributed by atoms with E-state index >= 15 is 0 Å². The molecule has 1 aliphatic carbocycles. The van der Waals surface area contributed by atoms with Crippen molar-refractivity contribution >= 4 is 17.3 Å².